The summed E-state index contributed by atoms with van der Waals surface area (Å²) in [5, 5.41) is 0.682. The van der Waals surface area contributed by atoms with Gasteiger partial charge in [-0.05, 0) is 88.0 Å². The third-order valence-corrected chi connectivity index (χ3v) is 7.68. The van der Waals surface area contributed by atoms with Crippen molar-refractivity contribution >= 4 is 92.3 Å². The average Bonchev–Trinajstić information content (AvgIpc) is 3.09. The van der Waals surface area contributed by atoms with Crippen LogP contribution in [-0.2, 0) is 11.3 Å². The second-order valence-corrected chi connectivity index (χ2v) is 10.8. The van der Waals surface area contributed by atoms with Gasteiger partial charge in [0.05, 0.1) is 32.7 Å². The molecule has 2 amide bonds. The SMILES string of the molecule is COc1cc(/C=C2\SC(=O)N(Cc3ccc(Cl)cc3Cl)C2=O)cc(I)c1OC(=O)c1ccccc1Cl. The third-order valence-electron chi connectivity index (χ3n) is 5.06. The minimum absolute atomic E-state index is 0.0236. The summed E-state index contributed by atoms with van der Waals surface area (Å²) in [6, 6.07) is 14.7. The molecule has 184 valence electrons. The van der Waals surface area contributed by atoms with Crippen molar-refractivity contribution in [2.24, 2.45) is 0 Å². The number of methoxy groups -OCH3 is 1. The van der Waals surface area contributed by atoms with Crippen LogP contribution in [0.25, 0.3) is 6.08 Å². The van der Waals surface area contributed by atoms with Gasteiger partial charge < -0.3 is 9.47 Å². The van der Waals surface area contributed by atoms with Crippen LogP contribution in [0.1, 0.15) is 21.5 Å². The van der Waals surface area contributed by atoms with Crippen LogP contribution in [0.2, 0.25) is 15.1 Å². The largest absolute Gasteiger partial charge is 0.493 e. The number of hydrogen-bond acceptors (Lipinski definition) is 6. The van der Waals surface area contributed by atoms with E-state index in [4.69, 9.17) is 44.3 Å². The van der Waals surface area contributed by atoms with Gasteiger partial charge in [-0.15, -0.1) is 0 Å². The molecule has 0 atom stereocenters. The Morgan fingerprint density at radius 1 is 1.06 bits per heavy atom. The van der Waals surface area contributed by atoms with Crippen LogP contribution >= 0.6 is 69.2 Å². The van der Waals surface area contributed by atoms with Crippen LogP contribution in [0.3, 0.4) is 0 Å². The molecule has 4 rings (SSSR count). The minimum atomic E-state index is -0.633. The lowest BCUT2D eigenvalue weighted by Gasteiger charge is -2.14. The maximum atomic E-state index is 13.0. The number of carbonyl (C=O) groups is 3. The highest BCUT2D eigenvalue weighted by molar-refractivity contribution is 14.1. The number of nitrogens with zero attached hydrogens (tertiary/aromatic N) is 1. The summed E-state index contributed by atoms with van der Waals surface area (Å²) >= 11 is 21.1. The summed E-state index contributed by atoms with van der Waals surface area (Å²) in [7, 11) is 1.44. The van der Waals surface area contributed by atoms with Crippen molar-refractivity contribution in [1.82, 2.24) is 4.90 Å². The van der Waals surface area contributed by atoms with Crippen LogP contribution in [0.5, 0.6) is 11.5 Å². The van der Waals surface area contributed by atoms with E-state index in [9.17, 15) is 14.4 Å². The monoisotopic (exact) mass is 673 g/mol. The van der Waals surface area contributed by atoms with E-state index >= 15 is 0 Å². The van der Waals surface area contributed by atoms with E-state index in [0.29, 0.717) is 24.7 Å². The van der Waals surface area contributed by atoms with Gasteiger partial charge in [-0.1, -0.05) is 53.0 Å². The van der Waals surface area contributed by atoms with Crippen LogP contribution < -0.4 is 9.47 Å². The molecule has 6 nitrogen and oxygen atoms in total. The van der Waals surface area contributed by atoms with Crippen molar-refractivity contribution in [3.8, 4) is 11.5 Å². The molecule has 0 bridgehead atoms. The molecule has 1 aliphatic rings. The van der Waals surface area contributed by atoms with E-state index in [2.05, 4.69) is 0 Å². The fourth-order valence-corrected chi connectivity index (χ4v) is 5.56. The Morgan fingerprint density at radius 2 is 1.81 bits per heavy atom. The van der Waals surface area contributed by atoms with Crippen molar-refractivity contribution in [3.63, 3.8) is 0 Å². The molecule has 1 saturated heterocycles. The fraction of sp³-hybridized carbons (Fsp3) is 0.0800. The van der Waals surface area contributed by atoms with Gasteiger partial charge in [-0.25, -0.2) is 4.79 Å². The number of imide groups is 1. The van der Waals surface area contributed by atoms with Crippen LogP contribution in [0.4, 0.5) is 4.79 Å². The van der Waals surface area contributed by atoms with E-state index in [1.54, 1.807) is 60.7 Å². The Bertz CT molecular complexity index is 1430. The highest BCUT2D eigenvalue weighted by Crippen LogP contribution is 2.38. The first-order valence-electron chi connectivity index (χ1n) is 10.2. The molecule has 0 radical (unpaired) electrons. The van der Waals surface area contributed by atoms with Gasteiger partial charge in [0.25, 0.3) is 11.1 Å². The first kappa shape index (κ1) is 26.8. The molecule has 3 aromatic carbocycles. The predicted molar refractivity (Wildman–Crippen MR) is 150 cm³/mol. The van der Waals surface area contributed by atoms with Gasteiger partial charge in [0.15, 0.2) is 11.5 Å². The molecule has 0 N–H and O–H groups in total. The molecule has 3 aromatic rings. The van der Waals surface area contributed by atoms with Crippen molar-refractivity contribution < 1.29 is 23.9 Å². The quantitative estimate of drug-likeness (QED) is 0.115. The predicted octanol–water partition coefficient (Wildman–Crippen LogP) is 7.72. The normalized spacial score (nSPS) is 14.5. The molecule has 0 unspecified atom stereocenters. The average molecular weight is 675 g/mol. The molecule has 1 aliphatic heterocycles. The summed E-state index contributed by atoms with van der Waals surface area (Å²) in [6.07, 6.45) is 1.58. The number of rotatable bonds is 6. The van der Waals surface area contributed by atoms with E-state index < -0.39 is 17.1 Å². The van der Waals surface area contributed by atoms with Gasteiger partial charge >= 0.3 is 5.97 Å². The zero-order valence-corrected chi connectivity index (χ0v) is 23.6. The number of hydrogen-bond donors (Lipinski definition) is 0. The van der Waals surface area contributed by atoms with Crippen molar-refractivity contribution in [2.75, 3.05) is 7.11 Å². The van der Waals surface area contributed by atoms with Crippen LogP contribution in [0, 0.1) is 3.57 Å². The number of benzene rings is 3. The van der Waals surface area contributed by atoms with Gasteiger partial charge in [0, 0.05) is 10.0 Å². The number of amides is 2. The van der Waals surface area contributed by atoms with Crippen LogP contribution in [0.15, 0.2) is 59.5 Å². The Morgan fingerprint density at radius 3 is 2.50 bits per heavy atom. The Hall–Kier alpha value is -2.24. The maximum Gasteiger partial charge on any atom is 0.345 e. The summed E-state index contributed by atoms with van der Waals surface area (Å²) in [6.45, 7) is 0.0236. The topological polar surface area (TPSA) is 72.9 Å². The van der Waals surface area contributed by atoms with E-state index in [0.717, 1.165) is 16.7 Å². The summed E-state index contributed by atoms with van der Waals surface area (Å²) in [4.78, 5) is 39.5. The highest BCUT2D eigenvalue weighted by atomic mass is 127. The summed E-state index contributed by atoms with van der Waals surface area (Å²) in [5.41, 5.74) is 1.41. The lowest BCUT2D eigenvalue weighted by atomic mass is 10.1. The second kappa shape index (κ2) is 11.4. The Kier molecular flexibility index (Phi) is 8.52. The summed E-state index contributed by atoms with van der Waals surface area (Å²) < 4.78 is 11.6. The smallest absolute Gasteiger partial charge is 0.345 e. The second-order valence-electron chi connectivity index (χ2n) is 7.41. The minimum Gasteiger partial charge on any atom is -0.493 e. The van der Waals surface area contributed by atoms with Crippen molar-refractivity contribution in [1.29, 1.82) is 0 Å². The molecule has 0 spiro atoms. The summed E-state index contributed by atoms with van der Waals surface area (Å²) in [5.74, 6) is -0.586. The number of thioether (sulfide) groups is 1. The molecule has 36 heavy (non-hydrogen) atoms. The molecular weight excluding hydrogens is 660 g/mol. The molecular formula is C25H15Cl3INO5S. The van der Waals surface area contributed by atoms with Crippen molar-refractivity contribution in [2.45, 2.75) is 6.54 Å². The third kappa shape index (κ3) is 5.84. The number of esters is 1. The lowest BCUT2D eigenvalue weighted by Crippen LogP contribution is -2.27. The molecule has 11 heteroatoms. The number of carbonyl (C=O) groups excluding carboxylic acids is 3. The molecule has 0 saturated carbocycles. The van der Waals surface area contributed by atoms with E-state index in [1.165, 1.54) is 7.11 Å². The Labute approximate surface area is 239 Å². The fourth-order valence-electron chi connectivity index (χ4n) is 3.30. The molecule has 0 aromatic heterocycles. The first-order chi connectivity index (χ1) is 17.2. The van der Waals surface area contributed by atoms with Gasteiger partial charge in [0.2, 0.25) is 0 Å². The highest BCUT2D eigenvalue weighted by Gasteiger charge is 2.35. The lowest BCUT2D eigenvalue weighted by molar-refractivity contribution is -0.123. The van der Waals surface area contributed by atoms with Crippen molar-refractivity contribution in [3.05, 3.63) is 94.8 Å². The van der Waals surface area contributed by atoms with E-state index in [1.807, 2.05) is 22.6 Å². The van der Waals surface area contributed by atoms with Gasteiger partial charge in [-0.3, -0.25) is 14.5 Å². The van der Waals surface area contributed by atoms with E-state index in [-0.39, 0.29) is 33.5 Å². The molecule has 1 fully saturated rings. The Balaban J connectivity index is 1.58. The molecule has 1 heterocycles. The van der Waals surface area contributed by atoms with Gasteiger partial charge in [0.1, 0.15) is 0 Å². The zero-order valence-electron chi connectivity index (χ0n) is 18.4. The number of halogens is 4. The first-order valence-corrected chi connectivity index (χ1v) is 13.2. The number of ether oxygens (including phenoxy) is 2. The molecule has 0 aliphatic carbocycles. The van der Waals surface area contributed by atoms with Crippen LogP contribution in [-0.4, -0.2) is 29.1 Å². The zero-order chi connectivity index (χ0) is 26.0. The standard InChI is InChI=1S/C25H15Cl3INO5S/c1-34-20-9-13(8-19(29)22(20)35-24(32)16-4-2-3-5-17(16)27)10-21-23(31)30(25(33)36-21)12-14-6-7-15(26)11-18(14)28/h2-11H,12H2,1H3/b21-10-. The maximum absolute atomic E-state index is 13.0. The van der Waals surface area contributed by atoms with Gasteiger partial charge in [-0.2, -0.15) is 0 Å².